The summed E-state index contributed by atoms with van der Waals surface area (Å²) in [5.41, 5.74) is 4.29. The first kappa shape index (κ1) is 19.3. The summed E-state index contributed by atoms with van der Waals surface area (Å²) in [5.74, 6) is 1.18. The summed E-state index contributed by atoms with van der Waals surface area (Å²) in [4.78, 5) is 12.4. The lowest BCUT2D eigenvalue weighted by atomic mass is 10.0. The number of para-hydroxylation sites is 1. The van der Waals surface area contributed by atoms with Gasteiger partial charge in [-0.3, -0.25) is 4.79 Å². The quantitative estimate of drug-likeness (QED) is 0.475. The molecule has 1 N–H and O–H groups in total. The molecule has 0 saturated heterocycles. The average Bonchev–Trinajstić information content (AvgIpc) is 3.04. The van der Waals surface area contributed by atoms with Crippen LogP contribution in [0.4, 0.5) is 5.69 Å². The second kappa shape index (κ2) is 8.53. The highest BCUT2D eigenvalue weighted by Crippen LogP contribution is 2.39. The zero-order valence-corrected chi connectivity index (χ0v) is 17.5. The van der Waals surface area contributed by atoms with Gasteiger partial charge in [-0.2, -0.15) is 0 Å². The van der Waals surface area contributed by atoms with E-state index in [0.717, 1.165) is 26.9 Å². The van der Waals surface area contributed by atoms with E-state index in [0.29, 0.717) is 30.3 Å². The number of ether oxygens (including phenoxy) is 2. The number of benzene rings is 3. The molecule has 0 fully saturated rings. The van der Waals surface area contributed by atoms with E-state index in [-0.39, 0.29) is 5.91 Å². The summed E-state index contributed by atoms with van der Waals surface area (Å²) >= 11 is 3.60. The molecule has 3 aromatic carbocycles. The molecule has 5 heteroatoms. The normalized spacial score (nSPS) is 13.9. The molecule has 0 bridgehead atoms. The Kier molecular flexibility index (Phi) is 5.67. The third-order valence-electron chi connectivity index (χ3n) is 4.58. The van der Waals surface area contributed by atoms with Gasteiger partial charge in [0.2, 0.25) is 0 Å². The van der Waals surface area contributed by atoms with Crippen LogP contribution in [-0.4, -0.2) is 12.5 Å². The van der Waals surface area contributed by atoms with Crippen molar-refractivity contribution >= 4 is 39.2 Å². The van der Waals surface area contributed by atoms with Gasteiger partial charge in [-0.05, 0) is 58.3 Å². The predicted molar refractivity (Wildman–Crippen MR) is 119 cm³/mol. The molecule has 1 aliphatic heterocycles. The lowest BCUT2D eigenvalue weighted by Gasteiger charge is -2.15. The number of halogens is 1. The van der Waals surface area contributed by atoms with Gasteiger partial charge in [-0.15, -0.1) is 0 Å². The number of rotatable bonds is 6. The van der Waals surface area contributed by atoms with E-state index in [4.69, 9.17) is 9.47 Å². The number of anilines is 1. The number of hydrogen-bond donors (Lipinski definition) is 1. The van der Waals surface area contributed by atoms with E-state index >= 15 is 0 Å². The molecule has 4 nitrogen and oxygen atoms in total. The first-order valence-corrected chi connectivity index (χ1v) is 10.2. The number of carbonyl (C=O) groups excluding carboxylic acids is 1. The predicted octanol–water partition coefficient (Wildman–Crippen LogP) is 5.92. The smallest absolute Gasteiger partial charge is 0.256 e. The summed E-state index contributed by atoms with van der Waals surface area (Å²) in [6.07, 6.45) is 1.87. The first-order valence-electron chi connectivity index (χ1n) is 9.41. The third kappa shape index (κ3) is 4.20. The van der Waals surface area contributed by atoms with Crippen LogP contribution in [0.15, 0.2) is 71.2 Å². The number of fused-ring (bicyclic) bond motifs is 1. The monoisotopic (exact) mass is 449 g/mol. The lowest BCUT2D eigenvalue weighted by molar-refractivity contribution is -0.110. The van der Waals surface area contributed by atoms with Crippen molar-refractivity contribution in [1.82, 2.24) is 0 Å². The maximum absolute atomic E-state index is 12.4. The van der Waals surface area contributed by atoms with E-state index in [1.807, 2.05) is 79.7 Å². The Balaban J connectivity index is 1.66. The molecule has 0 radical (unpaired) electrons. The molecule has 0 spiro atoms. The molecule has 1 aliphatic rings. The van der Waals surface area contributed by atoms with Crippen LogP contribution in [-0.2, 0) is 11.4 Å². The van der Waals surface area contributed by atoms with Crippen LogP contribution in [0.3, 0.4) is 0 Å². The van der Waals surface area contributed by atoms with Gasteiger partial charge in [-0.25, -0.2) is 0 Å². The van der Waals surface area contributed by atoms with Crippen molar-refractivity contribution in [3.05, 3.63) is 87.9 Å². The Morgan fingerprint density at radius 2 is 1.76 bits per heavy atom. The van der Waals surface area contributed by atoms with Crippen molar-refractivity contribution in [3.63, 3.8) is 0 Å². The first-order chi connectivity index (χ1) is 14.2. The Labute approximate surface area is 178 Å². The standard InChI is InChI=1S/C24H20BrNO3/c1-2-28-22-14-17(12-19-18-10-6-7-11-21(18)26-24(19)27)13-20(25)23(22)29-15-16-8-4-3-5-9-16/h3-14H,2,15H2,1H3,(H,26,27)/b19-12-. The minimum Gasteiger partial charge on any atom is -0.490 e. The molecule has 0 unspecified atom stereocenters. The van der Waals surface area contributed by atoms with Gasteiger partial charge < -0.3 is 14.8 Å². The maximum atomic E-state index is 12.4. The number of carbonyl (C=O) groups is 1. The average molecular weight is 450 g/mol. The fraction of sp³-hybridized carbons (Fsp3) is 0.125. The molecule has 1 heterocycles. The van der Waals surface area contributed by atoms with Crippen molar-refractivity contribution < 1.29 is 14.3 Å². The Morgan fingerprint density at radius 3 is 2.55 bits per heavy atom. The van der Waals surface area contributed by atoms with Crippen molar-refractivity contribution in [3.8, 4) is 11.5 Å². The van der Waals surface area contributed by atoms with Crippen LogP contribution < -0.4 is 14.8 Å². The summed E-state index contributed by atoms with van der Waals surface area (Å²) in [6, 6.07) is 21.5. The molecule has 4 rings (SSSR count). The zero-order valence-electron chi connectivity index (χ0n) is 15.9. The molecule has 0 aromatic heterocycles. The van der Waals surface area contributed by atoms with Gasteiger partial charge in [0.1, 0.15) is 6.61 Å². The molecule has 1 amide bonds. The number of hydrogen-bond acceptors (Lipinski definition) is 3. The summed E-state index contributed by atoms with van der Waals surface area (Å²) in [5, 5.41) is 2.90. The van der Waals surface area contributed by atoms with Gasteiger partial charge in [0.05, 0.1) is 11.1 Å². The zero-order chi connectivity index (χ0) is 20.2. The molecule has 0 aliphatic carbocycles. The molecular formula is C24H20BrNO3. The van der Waals surface area contributed by atoms with Crippen LogP contribution in [0, 0.1) is 0 Å². The SMILES string of the molecule is CCOc1cc(/C=C2\C(=O)Nc3ccccc32)cc(Br)c1OCc1ccccc1. The highest BCUT2D eigenvalue weighted by atomic mass is 79.9. The third-order valence-corrected chi connectivity index (χ3v) is 5.17. The fourth-order valence-corrected chi connectivity index (χ4v) is 3.83. The molecule has 0 saturated carbocycles. The fourth-order valence-electron chi connectivity index (χ4n) is 3.25. The van der Waals surface area contributed by atoms with Crippen LogP contribution in [0.1, 0.15) is 23.6 Å². The Morgan fingerprint density at radius 1 is 1.00 bits per heavy atom. The largest absolute Gasteiger partial charge is 0.490 e. The molecule has 29 heavy (non-hydrogen) atoms. The van der Waals surface area contributed by atoms with E-state index in [1.54, 1.807) is 0 Å². The van der Waals surface area contributed by atoms with Crippen molar-refractivity contribution in [1.29, 1.82) is 0 Å². The topological polar surface area (TPSA) is 47.6 Å². The van der Waals surface area contributed by atoms with E-state index in [2.05, 4.69) is 21.2 Å². The summed E-state index contributed by atoms with van der Waals surface area (Å²) in [6.45, 7) is 2.88. The Bertz CT molecular complexity index is 1080. The van der Waals surface area contributed by atoms with E-state index in [9.17, 15) is 4.79 Å². The van der Waals surface area contributed by atoms with Crippen molar-refractivity contribution in [2.24, 2.45) is 0 Å². The molecule has 146 valence electrons. The van der Waals surface area contributed by atoms with Crippen LogP contribution in [0.2, 0.25) is 0 Å². The second-order valence-electron chi connectivity index (χ2n) is 6.59. The van der Waals surface area contributed by atoms with Gasteiger partial charge in [0.25, 0.3) is 5.91 Å². The van der Waals surface area contributed by atoms with Gasteiger partial charge >= 0.3 is 0 Å². The lowest BCUT2D eigenvalue weighted by Crippen LogP contribution is -2.04. The second-order valence-corrected chi connectivity index (χ2v) is 7.45. The van der Waals surface area contributed by atoms with Crippen LogP contribution >= 0.6 is 15.9 Å². The highest BCUT2D eigenvalue weighted by Gasteiger charge is 2.23. The van der Waals surface area contributed by atoms with E-state index < -0.39 is 0 Å². The molecule has 0 atom stereocenters. The summed E-state index contributed by atoms with van der Waals surface area (Å²) in [7, 11) is 0. The highest BCUT2D eigenvalue weighted by molar-refractivity contribution is 9.10. The van der Waals surface area contributed by atoms with Crippen molar-refractivity contribution in [2.45, 2.75) is 13.5 Å². The van der Waals surface area contributed by atoms with Crippen LogP contribution in [0.5, 0.6) is 11.5 Å². The van der Waals surface area contributed by atoms with Gasteiger partial charge in [0, 0.05) is 16.8 Å². The minimum absolute atomic E-state index is 0.107. The molecular weight excluding hydrogens is 430 g/mol. The maximum Gasteiger partial charge on any atom is 0.256 e. The molecule has 3 aromatic rings. The van der Waals surface area contributed by atoms with Gasteiger partial charge in [0.15, 0.2) is 11.5 Å². The minimum atomic E-state index is -0.107. The summed E-state index contributed by atoms with van der Waals surface area (Å²) < 4.78 is 12.6. The Hall–Kier alpha value is -3.05. The number of amides is 1. The van der Waals surface area contributed by atoms with Crippen molar-refractivity contribution in [2.75, 3.05) is 11.9 Å². The van der Waals surface area contributed by atoms with Crippen LogP contribution in [0.25, 0.3) is 11.6 Å². The number of nitrogens with one attached hydrogen (secondary N) is 1. The van der Waals surface area contributed by atoms with E-state index in [1.165, 1.54) is 0 Å². The van der Waals surface area contributed by atoms with Gasteiger partial charge in [-0.1, -0.05) is 48.5 Å².